The van der Waals surface area contributed by atoms with E-state index in [9.17, 15) is 4.79 Å². The van der Waals surface area contributed by atoms with Gasteiger partial charge in [-0.3, -0.25) is 4.79 Å². The van der Waals surface area contributed by atoms with E-state index in [1.165, 1.54) is 11.3 Å². The molecule has 3 nitrogen and oxygen atoms in total. The van der Waals surface area contributed by atoms with E-state index in [-0.39, 0.29) is 11.7 Å². The van der Waals surface area contributed by atoms with E-state index in [2.05, 4.69) is 5.32 Å². The molecule has 1 aromatic carbocycles. The predicted octanol–water partition coefficient (Wildman–Crippen LogP) is 2.73. The molecule has 1 heterocycles. The molecule has 1 aromatic heterocycles. The van der Waals surface area contributed by atoms with Gasteiger partial charge < -0.3 is 10.4 Å². The van der Waals surface area contributed by atoms with Crippen LogP contribution < -0.4 is 5.32 Å². The van der Waals surface area contributed by atoms with Gasteiger partial charge >= 0.3 is 0 Å². The monoisotopic (exact) mass is 261 g/mol. The van der Waals surface area contributed by atoms with Crippen LogP contribution in [0.15, 0.2) is 35.7 Å². The number of carbonyl (C=O) groups is 1. The van der Waals surface area contributed by atoms with Crippen LogP contribution in [0.4, 0.5) is 0 Å². The number of phenols is 1. The summed E-state index contributed by atoms with van der Waals surface area (Å²) in [6.45, 7) is 2.53. The topological polar surface area (TPSA) is 49.3 Å². The zero-order chi connectivity index (χ0) is 13.0. The molecule has 0 fully saturated rings. The maximum atomic E-state index is 11.8. The number of phenolic OH excluding ortho intramolecular Hbond substituents is 1. The fourth-order valence-corrected chi connectivity index (χ4v) is 2.51. The second-order valence-corrected chi connectivity index (χ2v) is 5.02. The molecule has 2 rings (SSSR count). The molecule has 0 aliphatic heterocycles. The van der Waals surface area contributed by atoms with Crippen LogP contribution >= 0.6 is 11.3 Å². The lowest BCUT2D eigenvalue weighted by Gasteiger charge is -2.05. The summed E-state index contributed by atoms with van der Waals surface area (Å²) in [7, 11) is 0. The van der Waals surface area contributed by atoms with E-state index in [1.807, 2.05) is 30.5 Å². The standard InChI is InChI=1S/C14H15NO2S/c1-10-7-9-18-13(10)14(17)15-8-6-11-2-4-12(16)5-3-11/h2-5,7,9,16H,6,8H2,1H3,(H,15,17). The summed E-state index contributed by atoms with van der Waals surface area (Å²) in [5.74, 6) is 0.248. The van der Waals surface area contributed by atoms with Gasteiger partial charge in [-0.15, -0.1) is 11.3 Å². The first-order valence-corrected chi connectivity index (χ1v) is 6.65. The molecule has 0 aliphatic rings. The summed E-state index contributed by atoms with van der Waals surface area (Å²) in [5.41, 5.74) is 2.11. The van der Waals surface area contributed by atoms with Crippen molar-refractivity contribution in [2.75, 3.05) is 6.54 Å². The fourth-order valence-electron chi connectivity index (χ4n) is 1.67. The van der Waals surface area contributed by atoms with Crippen molar-refractivity contribution in [1.82, 2.24) is 5.32 Å². The molecule has 2 N–H and O–H groups in total. The third-order valence-electron chi connectivity index (χ3n) is 2.70. The minimum atomic E-state index is -0.0127. The summed E-state index contributed by atoms with van der Waals surface area (Å²) in [6.07, 6.45) is 0.760. The van der Waals surface area contributed by atoms with Crippen molar-refractivity contribution in [3.8, 4) is 5.75 Å². The fraction of sp³-hybridized carbons (Fsp3) is 0.214. The highest BCUT2D eigenvalue weighted by molar-refractivity contribution is 7.12. The van der Waals surface area contributed by atoms with Crippen molar-refractivity contribution in [3.63, 3.8) is 0 Å². The minimum Gasteiger partial charge on any atom is -0.508 e. The number of benzene rings is 1. The third kappa shape index (κ3) is 3.11. The van der Waals surface area contributed by atoms with Crippen LogP contribution in [-0.2, 0) is 6.42 Å². The lowest BCUT2D eigenvalue weighted by atomic mass is 10.1. The van der Waals surface area contributed by atoms with Crippen molar-refractivity contribution >= 4 is 17.2 Å². The average molecular weight is 261 g/mol. The van der Waals surface area contributed by atoms with Crippen molar-refractivity contribution in [3.05, 3.63) is 51.7 Å². The zero-order valence-corrected chi connectivity index (χ0v) is 11.0. The van der Waals surface area contributed by atoms with E-state index >= 15 is 0 Å². The van der Waals surface area contributed by atoms with E-state index in [1.54, 1.807) is 12.1 Å². The first-order valence-electron chi connectivity index (χ1n) is 5.77. The van der Waals surface area contributed by atoms with Gasteiger partial charge in [0.1, 0.15) is 5.75 Å². The Kier molecular flexibility index (Phi) is 3.99. The zero-order valence-electron chi connectivity index (χ0n) is 10.1. The van der Waals surface area contributed by atoms with Gasteiger partial charge in [0, 0.05) is 6.54 Å². The number of aromatic hydroxyl groups is 1. The Hall–Kier alpha value is -1.81. The summed E-state index contributed by atoms with van der Waals surface area (Å²) in [4.78, 5) is 12.6. The molecule has 2 aromatic rings. The number of hydrogen-bond donors (Lipinski definition) is 2. The molecule has 0 bridgehead atoms. The third-order valence-corrected chi connectivity index (χ3v) is 3.72. The first kappa shape index (κ1) is 12.6. The van der Waals surface area contributed by atoms with E-state index in [4.69, 9.17) is 5.11 Å². The maximum Gasteiger partial charge on any atom is 0.261 e. The van der Waals surface area contributed by atoms with Crippen LogP contribution in [0.5, 0.6) is 5.75 Å². The van der Waals surface area contributed by atoms with E-state index in [0.29, 0.717) is 6.54 Å². The molecule has 0 saturated heterocycles. The summed E-state index contributed by atoms with van der Waals surface area (Å²) >= 11 is 1.46. The Morgan fingerprint density at radius 1 is 1.28 bits per heavy atom. The molecule has 1 amide bonds. The molecule has 0 radical (unpaired) electrons. The molecule has 0 aliphatic carbocycles. The van der Waals surface area contributed by atoms with Gasteiger partial charge in [-0.1, -0.05) is 12.1 Å². The van der Waals surface area contributed by atoms with Crippen molar-refractivity contribution in [2.45, 2.75) is 13.3 Å². The quantitative estimate of drug-likeness (QED) is 0.889. The van der Waals surface area contributed by atoms with E-state index in [0.717, 1.165) is 22.4 Å². The highest BCUT2D eigenvalue weighted by Gasteiger charge is 2.09. The Morgan fingerprint density at radius 3 is 2.61 bits per heavy atom. The van der Waals surface area contributed by atoms with Crippen molar-refractivity contribution in [2.24, 2.45) is 0 Å². The maximum absolute atomic E-state index is 11.8. The largest absolute Gasteiger partial charge is 0.508 e. The van der Waals surface area contributed by atoms with Crippen LogP contribution in [0.3, 0.4) is 0 Å². The smallest absolute Gasteiger partial charge is 0.261 e. The highest BCUT2D eigenvalue weighted by Crippen LogP contribution is 2.15. The van der Waals surface area contributed by atoms with Crippen molar-refractivity contribution in [1.29, 1.82) is 0 Å². The van der Waals surface area contributed by atoms with Crippen molar-refractivity contribution < 1.29 is 9.90 Å². The summed E-state index contributed by atoms with van der Waals surface area (Å²) < 4.78 is 0. The number of rotatable bonds is 4. The molecular weight excluding hydrogens is 246 g/mol. The Morgan fingerprint density at radius 2 is 2.00 bits per heavy atom. The number of nitrogens with one attached hydrogen (secondary N) is 1. The van der Waals surface area contributed by atoms with Gasteiger partial charge in [-0.05, 0) is 48.1 Å². The van der Waals surface area contributed by atoms with Crippen LogP contribution in [0.25, 0.3) is 0 Å². The molecule has 18 heavy (non-hydrogen) atoms. The first-order chi connectivity index (χ1) is 8.66. The second kappa shape index (κ2) is 5.69. The molecule has 0 unspecified atom stereocenters. The molecule has 4 heteroatoms. The van der Waals surface area contributed by atoms with Gasteiger partial charge in [0.25, 0.3) is 5.91 Å². The number of aryl methyl sites for hydroxylation is 1. The Balaban J connectivity index is 1.84. The minimum absolute atomic E-state index is 0.0127. The van der Waals surface area contributed by atoms with Gasteiger partial charge in [-0.2, -0.15) is 0 Å². The van der Waals surface area contributed by atoms with Gasteiger partial charge in [0.2, 0.25) is 0 Å². The predicted molar refractivity (Wildman–Crippen MR) is 73.2 cm³/mol. The number of hydrogen-bond acceptors (Lipinski definition) is 3. The van der Waals surface area contributed by atoms with Crippen LogP contribution in [-0.4, -0.2) is 17.6 Å². The second-order valence-electron chi connectivity index (χ2n) is 4.11. The SMILES string of the molecule is Cc1ccsc1C(=O)NCCc1ccc(O)cc1. The lowest BCUT2D eigenvalue weighted by Crippen LogP contribution is -2.25. The van der Waals surface area contributed by atoms with Gasteiger partial charge in [0.15, 0.2) is 0 Å². The Bertz CT molecular complexity index is 531. The average Bonchev–Trinajstić information content (AvgIpc) is 2.78. The number of carbonyl (C=O) groups excluding carboxylic acids is 1. The molecular formula is C14H15NO2S. The number of amides is 1. The van der Waals surface area contributed by atoms with E-state index < -0.39 is 0 Å². The van der Waals surface area contributed by atoms with Crippen LogP contribution in [0.1, 0.15) is 20.8 Å². The van der Waals surface area contributed by atoms with Crippen LogP contribution in [0.2, 0.25) is 0 Å². The molecule has 94 valence electrons. The Labute approximate surface area is 110 Å². The molecule has 0 spiro atoms. The molecule has 0 saturated carbocycles. The summed E-state index contributed by atoms with van der Waals surface area (Å²) in [5, 5.41) is 14.0. The number of thiophene rings is 1. The molecule has 0 atom stereocenters. The highest BCUT2D eigenvalue weighted by atomic mass is 32.1. The van der Waals surface area contributed by atoms with Gasteiger partial charge in [0.05, 0.1) is 4.88 Å². The van der Waals surface area contributed by atoms with Crippen LogP contribution in [0, 0.1) is 6.92 Å². The summed E-state index contributed by atoms with van der Waals surface area (Å²) in [6, 6.07) is 8.97. The lowest BCUT2D eigenvalue weighted by molar-refractivity contribution is 0.0957. The normalized spacial score (nSPS) is 10.3. The van der Waals surface area contributed by atoms with Gasteiger partial charge in [-0.25, -0.2) is 0 Å².